The summed E-state index contributed by atoms with van der Waals surface area (Å²) in [4.78, 5) is 27.1. The molecule has 0 aromatic heterocycles. The van der Waals surface area contributed by atoms with E-state index in [1.807, 2.05) is 36.4 Å². The second kappa shape index (κ2) is 7.35. The van der Waals surface area contributed by atoms with E-state index in [4.69, 9.17) is 14.2 Å². The van der Waals surface area contributed by atoms with Crippen LogP contribution in [0.5, 0.6) is 11.5 Å². The summed E-state index contributed by atoms with van der Waals surface area (Å²) < 4.78 is 17.9. The van der Waals surface area contributed by atoms with Gasteiger partial charge in [-0.05, 0) is 46.9 Å². The Bertz CT molecular complexity index is 1130. The predicted octanol–water partition coefficient (Wildman–Crippen LogP) is 6.62. The van der Waals surface area contributed by atoms with Gasteiger partial charge in [0.15, 0.2) is 0 Å². The van der Waals surface area contributed by atoms with Gasteiger partial charge in [0.2, 0.25) is 0 Å². The minimum Gasteiger partial charge on any atom is -0.485 e. The topological polar surface area (TPSA) is 61.8 Å². The van der Waals surface area contributed by atoms with Crippen molar-refractivity contribution in [2.45, 2.75) is 78.4 Å². The zero-order valence-electron chi connectivity index (χ0n) is 21.4. The summed E-state index contributed by atoms with van der Waals surface area (Å²) >= 11 is 0. The van der Waals surface area contributed by atoms with Crippen molar-refractivity contribution in [3.63, 3.8) is 0 Å². The molecule has 4 aliphatic rings. The molecule has 2 aromatic rings. The zero-order valence-corrected chi connectivity index (χ0v) is 21.4. The van der Waals surface area contributed by atoms with Crippen LogP contribution in [0.15, 0.2) is 36.4 Å². The summed E-state index contributed by atoms with van der Waals surface area (Å²) in [7, 11) is 0. The standard InChI is InChI=1S/C30H34O5/c1-29(2,3)19-13-17(15-9-7-11-21-23(15)25(19)33-21)27(31)35-28(32)18-14-20(30(4,5)6)26-24-16(18)10-8-12-22(24)34-26/h7-12,17-20,25-26H,13-14H2,1-6H3. The van der Waals surface area contributed by atoms with Gasteiger partial charge in [0.25, 0.3) is 0 Å². The lowest BCUT2D eigenvalue weighted by molar-refractivity contribution is -0.164. The minimum atomic E-state index is -0.463. The molecule has 2 aliphatic heterocycles. The third-order valence-corrected chi connectivity index (χ3v) is 8.73. The summed E-state index contributed by atoms with van der Waals surface area (Å²) in [6, 6.07) is 11.7. The average molecular weight is 475 g/mol. The minimum absolute atomic E-state index is 0.00642. The van der Waals surface area contributed by atoms with E-state index in [0.29, 0.717) is 12.8 Å². The Morgan fingerprint density at radius 1 is 0.714 bits per heavy atom. The Hall–Kier alpha value is -2.82. The van der Waals surface area contributed by atoms with Crippen LogP contribution in [0.2, 0.25) is 0 Å². The van der Waals surface area contributed by atoms with Crippen LogP contribution in [0, 0.1) is 22.7 Å². The van der Waals surface area contributed by atoms with Crippen LogP contribution in [-0.4, -0.2) is 11.9 Å². The Labute approximate surface area is 207 Å². The lowest BCUT2D eigenvalue weighted by atomic mass is 9.63. The van der Waals surface area contributed by atoms with Crippen LogP contribution < -0.4 is 9.47 Å². The van der Waals surface area contributed by atoms with Crippen LogP contribution in [0.3, 0.4) is 0 Å². The normalized spacial score (nSPS) is 29.9. The fourth-order valence-electron chi connectivity index (χ4n) is 6.70. The molecule has 6 unspecified atom stereocenters. The fourth-order valence-corrected chi connectivity index (χ4v) is 6.70. The van der Waals surface area contributed by atoms with Gasteiger partial charge >= 0.3 is 11.9 Å². The first-order chi connectivity index (χ1) is 16.4. The molecule has 0 bridgehead atoms. The molecule has 0 fully saturated rings. The summed E-state index contributed by atoms with van der Waals surface area (Å²) in [5.74, 6) is 0.228. The Balaban J connectivity index is 1.29. The largest absolute Gasteiger partial charge is 0.485 e. The van der Waals surface area contributed by atoms with Gasteiger partial charge < -0.3 is 14.2 Å². The highest BCUT2D eigenvalue weighted by molar-refractivity contribution is 5.93. The van der Waals surface area contributed by atoms with Crippen LogP contribution >= 0.6 is 0 Å². The van der Waals surface area contributed by atoms with Gasteiger partial charge in [-0.1, -0.05) is 65.8 Å². The van der Waals surface area contributed by atoms with Gasteiger partial charge in [0, 0.05) is 23.0 Å². The van der Waals surface area contributed by atoms with E-state index in [1.165, 1.54) is 0 Å². The Kier molecular flexibility index (Phi) is 4.75. The van der Waals surface area contributed by atoms with Gasteiger partial charge in [-0.3, -0.25) is 9.59 Å². The molecule has 0 spiro atoms. The van der Waals surface area contributed by atoms with E-state index < -0.39 is 23.8 Å². The molecule has 0 saturated heterocycles. The monoisotopic (exact) mass is 474 g/mol. The summed E-state index contributed by atoms with van der Waals surface area (Å²) in [6.45, 7) is 13.1. The lowest BCUT2D eigenvalue weighted by Crippen LogP contribution is -2.43. The number of hydrogen-bond acceptors (Lipinski definition) is 5. The van der Waals surface area contributed by atoms with Gasteiger partial charge in [-0.2, -0.15) is 0 Å². The van der Waals surface area contributed by atoms with Crippen molar-refractivity contribution in [1.82, 2.24) is 0 Å². The lowest BCUT2D eigenvalue weighted by Gasteiger charge is -2.49. The summed E-state index contributed by atoms with van der Waals surface area (Å²) in [5, 5.41) is 0. The molecule has 6 rings (SSSR count). The van der Waals surface area contributed by atoms with Crippen LogP contribution in [0.4, 0.5) is 0 Å². The third kappa shape index (κ3) is 3.34. The second-order valence-corrected chi connectivity index (χ2v) is 12.9. The smallest absolute Gasteiger partial charge is 0.321 e. The van der Waals surface area contributed by atoms with Crippen molar-refractivity contribution in [1.29, 1.82) is 0 Å². The van der Waals surface area contributed by atoms with Gasteiger partial charge in [-0.15, -0.1) is 0 Å². The van der Waals surface area contributed by atoms with Crippen molar-refractivity contribution < 1.29 is 23.8 Å². The second-order valence-electron chi connectivity index (χ2n) is 12.9. The van der Waals surface area contributed by atoms with Gasteiger partial charge in [0.05, 0.1) is 11.8 Å². The molecule has 184 valence electrons. The molecule has 2 aliphatic carbocycles. The molecule has 0 amide bonds. The number of ether oxygens (including phenoxy) is 3. The number of hydrogen-bond donors (Lipinski definition) is 0. The van der Waals surface area contributed by atoms with E-state index in [1.54, 1.807) is 0 Å². The molecule has 0 N–H and O–H groups in total. The highest BCUT2D eigenvalue weighted by Crippen LogP contribution is 2.59. The summed E-state index contributed by atoms with van der Waals surface area (Å²) in [6.07, 6.45) is 1.24. The number of rotatable bonds is 2. The maximum atomic E-state index is 13.6. The van der Waals surface area contributed by atoms with Crippen LogP contribution in [-0.2, 0) is 14.3 Å². The molecule has 2 aromatic carbocycles. The van der Waals surface area contributed by atoms with Crippen molar-refractivity contribution in [3.05, 3.63) is 58.7 Å². The van der Waals surface area contributed by atoms with E-state index >= 15 is 0 Å². The zero-order chi connectivity index (χ0) is 24.9. The van der Waals surface area contributed by atoms with Crippen molar-refractivity contribution >= 4 is 11.9 Å². The highest BCUT2D eigenvalue weighted by Gasteiger charge is 2.52. The van der Waals surface area contributed by atoms with E-state index in [9.17, 15) is 9.59 Å². The maximum absolute atomic E-state index is 13.6. The highest BCUT2D eigenvalue weighted by atomic mass is 16.6. The molecule has 5 heteroatoms. The molecule has 35 heavy (non-hydrogen) atoms. The molecule has 6 atom stereocenters. The predicted molar refractivity (Wildman–Crippen MR) is 131 cm³/mol. The number of esters is 2. The van der Waals surface area contributed by atoms with Crippen molar-refractivity contribution in [2.24, 2.45) is 22.7 Å². The number of benzene rings is 2. The fraction of sp³-hybridized carbons (Fsp3) is 0.533. The van der Waals surface area contributed by atoms with E-state index in [0.717, 1.165) is 33.8 Å². The number of carbonyl (C=O) groups is 2. The van der Waals surface area contributed by atoms with Crippen LogP contribution in [0.25, 0.3) is 0 Å². The van der Waals surface area contributed by atoms with E-state index in [-0.39, 0.29) is 34.9 Å². The first-order valence-corrected chi connectivity index (χ1v) is 12.8. The van der Waals surface area contributed by atoms with E-state index in [2.05, 4.69) is 41.5 Å². The summed E-state index contributed by atoms with van der Waals surface area (Å²) in [5.41, 5.74) is 4.05. The maximum Gasteiger partial charge on any atom is 0.321 e. The van der Waals surface area contributed by atoms with Crippen molar-refractivity contribution in [2.75, 3.05) is 0 Å². The molecule has 5 nitrogen and oxygen atoms in total. The quantitative estimate of drug-likeness (QED) is 0.361. The first-order valence-electron chi connectivity index (χ1n) is 12.8. The van der Waals surface area contributed by atoms with Gasteiger partial charge in [0.1, 0.15) is 23.7 Å². The van der Waals surface area contributed by atoms with Gasteiger partial charge in [-0.25, -0.2) is 0 Å². The first kappa shape index (κ1) is 22.6. The molecule has 0 radical (unpaired) electrons. The average Bonchev–Trinajstić information content (AvgIpc) is 2.73. The SMILES string of the molecule is CC(C)(C)C1CC(C(=O)OC(=O)C2CC(C(C)(C)C)C3Oc4cccc2c43)c2cccc3c2C1O3. The molecule has 0 saturated carbocycles. The van der Waals surface area contributed by atoms with Crippen LogP contribution in [0.1, 0.15) is 101 Å². The molecular formula is C30H34O5. The third-order valence-electron chi connectivity index (χ3n) is 8.73. The molecular weight excluding hydrogens is 440 g/mol. The molecule has 2 heterocycles. The Morgan fingerprint density at radius 2 is 1.11 bits per heavy atom. The number of carbonyl (C=O) groups excluding carboxylic acids is 2. The Morgan fingerprint density at radius 3 is 1.49 bits per heavy atom. The van der Waals surface area contributed by atoms with Crippen molar-refractivity contribution in [3.8, 4) is 11.5 Å².